The van der Waals surface area contributed by atoms with E-state index in [2.05, 4.69) is 18.3 Å². The predicted octanol–water partition coefficient (Wildman–Crippen LogP) is 3.32. The Labute approximate surface area is 175 Å². The molecule has 6 rings (SSSR count). The van der Waals surface area contributed by atoms with E-state index in [9.17, 15) is 9.18 Å². The molecule has 1 aromatic rings. The van der Waals surface area contributed by atoms with Crippen molar-refractivity contribution in [2.75, 3.05) is 6.61 Å². The number of hydrogen-bond donors (Lipinski definition) is 2. The molecule has 30 heavy (non-hydrogen) atoms. The number of aromatic nitrogens is 1. The lowest BCUT2D eigenvalue weighted by Gasteiger charge is -2.46. The Hall–Kier alpha value is -2.18. The minimum Gasteiger partial charge on any atom is -0.376 e. The molecule has 1 saturated carbocycles. The van der Waals surface area contributed by atoms with Gasteiger partial charge in [-0.15, -0.1) is 0 Å². The topological polar surface area (TPSA) is 69.3 Å². The van der Waals surface area contributed by atoms with Crippen LogP contribution < -0.4 is 16.6 Å². The molecule has 0 saturated heterocycles. The smallest absolute Gasteiger partial charge is 0.256 e. The molecule has 1 fully saturated rings. The Morgan fingerprint density at radius 3 is 3.00 bits per heavy atom. The minimum absolute atomic E-state index is 0.0328. The Morgan fingerprint density at radius 2 is 2.20 bits per heavy atom. The molecule has 5 atom stereocenters. The maximum Gasteiger partial charge on any atom is 0.256 e. The summed E-state index contributed by atoms with van der Waals surface area (Å²) in [5, 5.41) is 3.62. The highest BCUT2D eigenvalue weighted by molar-refractivity contribution is 5.51. The Balaban J connectivity index is 1.55. The number of allylic oxidation sites excluding steroid dienone is 4. The SMILES string of the molecule is CC[C@H]1COCc2c1cc1n(c2=O)CC2=C3C4C(=CC(F)=C(C)C4CC[C@@H]3N)NC21. The van der Waals surface area contributed by atoms with Crippen LogP contribution in [0.2, 0.25) is 0 Å². The van der Waals surface area contributed by atoms with Crippen LogP contribution in [0.5, 0.6) is 0 Å². The normalized spacial score (nSPS) is 34.0. The predicted molar refractivity (Wildman–Crippen MR) is 112 cm³/mol. The molecule has 3 unspecified atom stereocenters. The van der Waals surface area contributed by atoms with Crippen LogP contribution in [0.25, 0.3) is 0 Å². The fraction of sp³-hybridized carbons (Fsp3) is 0.542. The number of nitrogens with zero attached hydrogens (tertiary/aromatic N) is 1. The van der Waals surface area contributed by atoms with Gasteiger partial charge in [0.2, 0.25) is 0 Å². The third-order valence-corrected chi connectivity index (χ3v) is 8.10. The van der Waals surface area contributed by atoms with Crippen molar-refractivity contribution in [2.24, 2.45) is 17.6 Å². The highest BCUT2D eigenvalue weighted by Crippen LogP contribution is 2.52. The van der Waals surface area contributed by atoms with Crippen LogP contribution in [0.4, 0.5) is 4.39 Å². The number of pyridine rings is 1. The summed E-state index contributed by atoms with van der Waals surface area (Å²) in [6.45, 7) is 5.66. The van der Waals surface area contributed by atoms with Gasteiger partial charge in [-0.2, -0.15) is 0 Å². The largest absolute Gasteiger partial charge is 0.376 e. The third kappa shape index (κ3) is 2.32. The second-order valence-corrected chi connectivity index (χ2v) is 9.47. The average Bonchev–Trinajstić information content (AvgIpc) is 3.11. The molecule has 3 aliphatic heterocycles. The number of nitrogens with one attached hydrogen (secondary N) is 1. The van der Waals surface area contributed by atoms with Gasteiger partial charge in [-0.3, -0.25) is 4.79 Å². The highest BCUT2D eigenvalue weighted by Gasteiger charge is 2.48. The van der Waals surface area contributed by atoms with E-state index in [1.165, 1.54) is 11.1 Å². The van der Waals surface area contributed by atoms with Gasteiger partial charge in [-0.05, 0) is 66.5 Å². The van der Waals surface area contributed by atoms with Crippen LogP contribution in [0.3, 0.4) is 0 Å². The van der Waals surface area contributed by atoms with Crippen molar-refractivity contribution < 1.29 is 9.13 Å². The molecule has 3 N–H and O–H groups in total. The van der Waals surface area contributed by atoms with E-state index >= 15 is 0 Å². The van der Waals surface area contributed by atoms with Crippen LogP contribution in [-0.2, 0) is 17.9 Å². The average molecular weight is 410 g/mol. The summed E-state index contributed by atoms with van der Waals surface area (Å²) in [5.41, 5.74) is 13.8. The van der Waals surface area contributed by atoms with E-state index in [0.29, 0.717) is 19.8 Å². The van der Waals surface area contributed by atoms with Crippen molar-refractivity contribution in [3.8, 4) is 0 Å². The molecule has 0 aromatic carbocycles. The molecule has 0 radical (unpaired) electrons. The molecule has 4 heterocycles. The number of halogens is 1. The fourth-order valence-electron chi connectivity index (χ4n) is 6.46. The zero-order valence-corrected chi connectivity index (χ0v) is 17.5. The summed E-state index contributed by atoms with van der Waals surface area (Å²) < 4.78 is 22.3. The summed E-state index contributed by atoms with van der Waals surface area (Å²) in [7, 11) is 0. The molecule has 5 nitrogen and oxygen atoms in total. The van der Waals surface area contributed by atoms with E-state index in [4.69, 9.17) is 10.5 Å². The molecule has 2 aliphatic carbocycles. The van der Waals surface area contributed by atoms with Gasteiger partial charge in [0.1, 0.15) is 5.83 Å². The quantitative estimate of drug-likeness (QED) is 0.698. The highest BCUT2D eigenvalue weighted by atomic mass is 19.1. The van der Waals surface area contributed by atoms with Gasteiger partial charge in [0.15, 0.2) is 0 Å². The first-order valence-electron chi connectivity index (χ1n) is 11.2. The van der Waals surface area contributed by atoms with Gasteiger partial charge in [0.25, 0.3) is 5.56 Å². The van der Waals surface area contributed by atoms with E-state index in [-0.39, 0.29) is 41.2 Å². The van der Waals surface area contributed by atoms with E-state index in [1.807, 2.05) is 11.5 Å². The maximum atomic E-state index is 14.7. The van der Waals surface area contributed by atoms with Crippen molar-refractivity contribution in [1.82, 2.24) is 9.88 Å². The molecule has 158 valence electrons. The lowest BCUT2D eigenvalue weighted by Crippen LogP contribution is -2.46. The minimum atomic E-state index is -0.124. The van der Waals surface area contributed by atoms with E-state index in [0.717, 1.165) is 47.4 Å². The van der Waals surface area contributed by atoms with Gasteiger partial charge in [-0.25, -0.2) is 4.39 Å². The summed E-state index contributed by atoms with van der Waals surface area (Å²) in [4.78, 5) is 13.4. The molecular weight excluding hydrogens is 381 g/mol. The lowest BCUT2D eigenvalue weighted by molar-refractivity contribution is 0.0884. The monoisotopic (exact) mass is 409 g/mol. The number of ether oxygens (including phenoxy) is 1. The second-order valence-electron chi connectivity index (χ2n) is 9.47. The van der Waals surface area contributed by atoms with Crippen LogP contribution in [-0.4, -0.2) is 17.2 Å². The second kappa shape index (κ2) is 6.41. The van der Waals surface area contributed by atoms with Crippen LogP contribution >= 0.6 is 0 Å². The van der Waals surface area contributed by atoms with E-state index < -0.39 is 0 Å². The van der Waals surface area contributed by atoms with E-state index in [1.54, 1.807) is 6.08 Å². The van der Waals surface area contributed by atoms with Crippen LogP contribution in [0, 0.1) is 11.8 Å². The van der Waals surface area contributed by atoms with Crippen LogP contribution in [0.1, 0.15) is 61.9 Å². The molecular formula is C24H28FN3O2. The standard InChI is InChI=1S/C24H28FN3O2/c1-3-12-9-30-10-16-14(12)6-20-23-15(8-28(20)24(16)29)21-18(26)5-4-13-11(2)17(25)7-19(27-23)22(13)21/h6-7,12-13,18,22-23,27H,3-5,8-10,26H2,1-2H3/t12-,13?,18-,22?,23?/m0/s1. The first kappa shape index (κ1) is 18.6. The molecule has 0 spiro atoms. The van der Waals surface area contributed by atoms with Gasteiger partial charge in [-0.1, -0.05) is 6.92 Å². The number of fused-ring (bicyclic) bond motifs is 4. The zero-order valence-electron chi connectivity index (χ0n) is 17.5. The van der Waals surface area contributed by atoms with Gasteiger partial charge >= 0.3 is 0 Å². The van der Waals surface area contributed by atoms with Gasteiger partial charge in [0.05, 0.1) is 19.3 Å². The summed E-state index contributed by atoms with van der Waals surface area (Å²) in [6, 6.07) is 2.07. The summed E-state index contributed by atoms with van der Waals surface area (Å²) in [5.74, 6) is 0.401. The zero-order chi connectivity index (χ0) is 20.7. The number of hydrogen-bond acceptors (Lipinski definition) is 4. The Morgan fingerprint density at radius 1 is 1.37 bits per heavy atom. The van der Waals surface area contributed by atoms with Crippen molar-refractivity contribution in [3.05, 3.63) is 67.6 Å². The number of rotatable bonds is 1. The third-order valence-electron chi connectivity index (χ3n) is 8.10. The van der Waals surface area contributed by atoms with Gasteiger partial charge in [0, 0.05) is 41.4 Å². The molecule has 5 aliphatic rings. The first-order valence-corrected chi connectivity index (χ1v) is 11.2. The summed E-state index contributed by atoms with van der Waals surface area (Å²) in [6.07, 6.45) is 4.37. The first-order chi connectivity index (χ1) is 14.5. The fourth-order valence-corrected chi connectivity index (χ4v) is 6.46. The molecule has 0 bridgehead atoms. The Bertz CT molecular complexity index is 1110. The molecule has 1 aromatic heterocycles. The molecule has 0 amide bonds. The maximum absolute atomic E-state index is 14.7. The van der Waals surface area contributed by atoms with Gasteiger partial charge < -0.3 is 20.4 Å². The van der Waals surface area contributed by atoms with Crippen molar-refractivity contribution >= 4 is 0 Å². The van der Waals surface area contributed by atoms with Crippen LogP contribution in [0.15, 0.2) is 45.2 Å². The Kier molecular flexibility index (Phi) is 3.97. The van der Waals surface area contributed by atoms with Crippen molar-refractivity contribution in [3.63, 3.8) is 0 Å². The molecule has 6 heteroatoms. The van der Waals surface area contributed by atoms with Crippen molar-refractivity contribution in [2.45, 2.75) is 64.3 Å². The summed E-state index contributed by atoms with van der Waals surface area (Å²) >= 11 is 0. The lowest BCUT2D eigenvalue weighted by atomic mass is 9.64. The number of nitrogens with two attached hydrogens (primary N) is 1. The van der Waals surface area contributed by atoms with Crippen molar-refractivity contribution in [1.29, 1.82) is 0 Å².